The summed E-state index contributed by atoms with van der Waals surface area (Å²) in [4.78, 5) is 41.1. The van der Waals surface area contributed by atoms with Crippen LogP contribution < -0.4 is 10.6 Å². The molecular weight excluding hydrogens is 470 g/mol. The molecule has 37 heavy (non-hydrogen) atoms. The first-order chi connectivity index (χ1) is 17.3. The molecule has 198 valence electrons. The Kier molecular flexibility index (Phi) is 9.73. The van der Waals surface area contributed by atoms with Gasteiger partial charge in [0, 0.05) is 17.3 Å². The van der Waals surface area contributed by atoms with Crippen LogP contribution in [0.5, 0.6) is 5.75 Å². The normalized spacial score (nSPS) is 13.5. The van der Waals surface area contributed by atoms with Gasteiger partial charge in [-0.05, 0) is 57.7 Å². The van der Waals surface area contributed by atoms with Gasteiger partial charge >= 0.3 is 6.09 Å². The molecular formula is C29H37N3O5. The van der Waals surface area contributed by atoms with Crippen LogP contribution in [0.1, 0.15) is 63.8 Å². The molecule has 0 heterocycles. The van der Waals surface area contributed by atoms with E-state index in [1.165, 1.54) is 0 Å². The molecule has 0 radical (unpaired) electrons. The summed E-state index contributed by atoms with van der Waals surface area (Å²) in [5, 5.41) is 16.3. The lowest BCUT2D eigenvalue weighted by Crippen LogP contribution is -2.53. The number of anilines is 1. The van der Waals surface area contributed by atoms with Gasteiger partial charge in [-0.2, -0.15) is 0 Å². The number of ether oxygens (including phenoxy) is 1. The van der Waals surface area contributed by atoms with E-state index in [-0.39, 0.29) is 17.2 Å². The first kappa shape index (κ1) is 29.2. The Bertz CT molecular complexity index is 1180. The van der Waals surface area contributed by atoms with E-state index in [1.54, 1.807) is 65.0 Å². The summed E-state index contributed by atoms with van der Waals surface area (Å²) >= 11 is 0. The van der Waals surface area contributed by atoms with Crippen LogP contribution in [0.3, 0.4) is 0 Å². The lowest BCUT2D eigenvalue weighted by atomic mass is 9.95. The largest absolute Gasteiger partial charge is 0.507 e. The molecule has 0 aliphatic heterocycles. The minimum atomic E-state index is -1.37. The van der Waals surface area contributed by atoms with E-state index in [1.807, 2.05) is 26.0 Å². The fraction of sp³-hybridized carbons (Fsp3) is 0.414. The summed E-state index contributed by atoms with van der Waals surface area (Å²) in [5.41, 5.74) is 1.26. The van der Waals surface area contributed by atoms with Gasteiger partial charge in [0.05, 0.1) is 0 Å². The van der Waals surface area contributed by atoms with Crippen molar-refractivity contribution in [3.05, 3.63) is 59.2 Å². The SMILES string of the molecule is C#CN(C(=O)C(NC(=O)OC(C)(C)C)C(C)CC)C(C(=O)Nc1ccccc1C)c1cccc(C)c1O. The number of rotatable bonds is 8. The molecule has 0 aliphatic carbocycles. The molecule has 8 nitrogen and oxygen atoms in total. The number of terminal acetylenes is 1. The topological polar surface area (TPSA) is 108 Å². The van der Waals surface area contributed by atoms with Crippen LogP contribution in [-0.2, 0) is 14.3 Å². The molecule has 0 fully saturated rings. The van der Waals surface area contributed by atoms with Crippen molar-refractivity contribution < 1.29 is 24.2 Å². The molecule has 0 saturated heterocycles. The van der Waals surface area contributed by atoms with Crippen LogP contribution in [0.4, 0.5) is 10.5 Å². The van der Waals surface area contributed by atoms with E-state index in [0.717, 1.165) is 10.5 Å². The zero-order chi connectivity index (χ0) is 27.9. The number of phenols is 1. The average molecular weight is 508 g/mol. The number of nitrogens with one attached hydrogen (secondary N) is 2. The molecule has 0 spiro atoms. The molecule has 3 N–H and O–H groups in total. The van der Waals surface area contributed by atoms with E-state index < -0.39 is 35.6 Å². The second-order valence-electron chi connectivity index (χ2n) is 10.1. The summed E-state index contributed by atoms with van der Waals surface area (Å²) < 4.78 is 5.35. The van der Waals surface area contributed by atoms with Crippen molar-refractivity contribution >= 4 is 23.6 Å². The van der Waals surface area contributed by atoms with Crippen molar-refractivity contribution in [2.75, 3.05) is 5.32 Å². The fourth-order valence-electron chi connectivity index (χ4n) is 3.75. The molecule has 3 unspecified atom stereocenters. The second kappa shape index (κ2) is 12.3. The number of hydrogen-bond acceptors (Lipinski definition) is 5. The predicted molar refractivity (Wildman–Crippen MR) is 144 cm³/mol. The van der Waals surface area contributed by atoms with Gasteiger partial charge in [-0.1, -0.05) is 63.1 Å². The molecule has 8 heteroatoms. The van der Waals surface area contributed by atoms with E-state index in [9.17, 15) is 19.5 Å². The third kappa shape index (κ3) is 7.50. The van der Waals surface area contributed by atoms with Crippen molar-refractivity contribution in [2.45, 2.75) is 72.6 Å². The van der Waals surface area contributed by atoms with Crippen molar-refractivity contribution in [3.63, 3.8) is 0 Å². The van der Waals surface area contributed by atoms with Crippen LogP contribution >= 0.6 is 0 Å². The fourth-order valence-corrected chi connectivity index (χ4v) is 3.75. The number of alkyl carbamates (subject to hydrolysis) is 1. The van der Waals surface area contributed by atoms with E-state index in [2.05, 4.69) is 16.7 Å². The van der Waals surface area contributed by atoms with Crippen LogP contribution in [0.25, 0.3) is 0 Å². The highest BCUT2D eigenvalue weighted by atomic mass is 16.6. The quantitative estimate of drug-likeness (QED) is 0.342. The number of phenolic OH excluding ortho intramolecular Hbond substituents is 1. The molecule has 2 aromatic carbocycles. The van der Waals surface area contributed by atoms with Gasteiger partial charge in [0.15, 0.2) is 6.04 Å². The summed E-state index contributed by atoms with van der Waals surface area (Å²) in [6, 6.07) is 12.0. The number of aromatic hydroxyl groups is 1. The van der Waals surface area contributed by atoms with Gasteiger partial charge in [0.25, 0.3) is 11.8 Å². The Hall–Kier alpha value is -3.99. The number of nitrogens with zero attached hydrogens (tertiary/aromatic N) is 1. The van der Waals surface area contributed by atoms with E-state index in [4.69, 9.17) is 11.2 Å². The lowest BCUT2D eigenvalue weighted by Gasteiger charge is -2.32. The minimum Gasteiger partial charge on any atom is -0.507 e. The maximum absolute atomic E-state index is 13.9. The van der Waals surface area contributed by atoms with Gasteiger partial charge in [-0.25, -0.2) is 4.79 Å². The number of carbonyl (C=O) groups is 3. The molecule has 0 saturated carbocycles. The highest BCUT2D eigenvalue weighted by Gasteiger charge is 2.39. The Morgan fingerprint density at radius 1 is 1.08 bits per heavy atom. The molecule has 0 bridgehead atoms. The standard InChI is InChI=1S/C29H37N3O5/c1-9-18(3)23(31-28(36)37-29(6,7)8)27(35)32(10-2)24(21-16-13-15-20(5)25(21)33)26(34)30-22-17-12-11-14-19(22)4/h2,11-18,23-24,33H,9H2,1,3-8H3,(H,30,34)(H,31,36). The molecule has 0 aromatic heterocycles. The van der Waals surface area contributed by atoms with Crippen molar-refractivity contribution in [1.82, 2.24) is 10.2 Å². The lowest BCUT2D eigenvalue weighted by molar-refractivity contribution is -0.137. The highest BCUT2D eigenvalue weighted by Crippen LogP contribution is 2.33. The van der Waals surface area contributed by atoms with Crippen LogP contribution in [-0.4, -0.2) is 39.6 Å². The van der Waals surface area contributed by atoms with Crippen molar-refractivity contribution in [1.29, 1.82) is 0 Å². The summed E-state index contributed by atoms with van der Waals surface area (Å²) in [6.07, 6.45) is 5.59. The van der Waals surface area contributed by atoms with Crippen LogP contribution in [0.15, 0.2) is 42.5 Å². The van der Waals surface area contributed by atoms with Crippen LogP contribution in [0, 0.1) is 32.2 Å². The molecule has 2 rings (SSSR count). The zero-order valence-electron chi connectivity index (χ0n) is 22.6. The molecule has 3 amide bonds. The first-order valence-corrected chi connectivity index (χ1v) is 12.2. The monoisotopic (exact) mass is 507 g/mol. The van der Waals surface area contributed by atoms with Gasteiger partial charge in [0.1, 0.15) is 17.4 Å². The second-order valence-corrected chi connectivity index (χ2v) is 10.1. The summed E-state index contributed by atoms with van der Waals surface area (Å²) in [5.74, 6) is -1.77. The van der Waals surface area contributed by atoms with Gasteiger partial charge in [-0.15, -0.1) is 0 Å². The van der Waals surface area contributed by atoms with Crippen molar-refractivity contribution in [3.8, 4) is 18.2 Å². The number of benzene rings is 2. The number of carbonyl (C=O) groups excluding carboxylic acids is 3. The van der Waals surface area contributed by atoms with Crippen molar-refractivity contribution in [2.24, 2.45) is 5.92 Å². The first-order valence-electron chi connectivity index (χ1n) is 12.2. The maximum Gasteiger partial charge on any atom is 0.408 e. The zero-order valence-corrected chi connectivity index (χ0v) is 22.6. The van der Waals surface area contributed by atoms with Crippen LogP contribution in [0.2, 0.25) is 0 Å². The maximum atomic E-state index is 13.9. The average Bonchev–Trinajstić information content (AvgIpc) is 2.82. The highest BCUT2D eigenvalue weighted by molar-refractivity contribution is 6.00. The Labute approximate surface area is 219 Å². The summed E-state index contributed by atoms with van der Waals surface area (Å²) in [6.45, 7) is 12.3. The number of para-hydroxylation sites is 2. The Morgan fingerprint density at radius 3 is 2.27 bits per heavy atom. The Balaban J connectivity index is 2.55. The van der Waals surface area contributed by atoms with E-state index in [0.29, 0.717) is 17.7 Å². The van der Waals surface area contributed by atoms with E-state index >= 15 is 0 Å². The van der Waals surface area contributed by atoms with Gasteiger partial charge in [-0.3, -0.25) is 14.5 Å². The third-order valence-corrected chi connectivity index (χ3v) is 6.00. The summed E-state index contributed by atoms with van der Waals surface area (Å²) in [7, 11) is 0. The Morgan fingerprint density at radius 2 is 1.70 bits per heavy atom. The number of hydrogen-bond donors (Lipinski definition) is 3. The molecule has 2 aromatic rings. The van der Waals surface area contributed by atoms with Gasteiger partial charge < -0.3 is 20.5 Å². The number of aryl methyl sites for hydroxylation is 2. The smallest absolute Gasteiger partial charge is 0.408 e. The molecule has 0 aliphatic rings. The minimum absolute atomic E-state index is 0.152. The molecule has 3 atom stereocenters. The number of amides is 3. The third-order valence-electron chi connectivity index (χ3n) is 6.00. The van der Waals surface area contributed by atoms with Gasteiger partial charge in [0.2, 0.25) is 0 Å². The predicted octanol–water partition coefficient (Wildman–Crippen LogP) is 5.05.